The zero-order valence-electron chi connectivity index (χ0n) is 15.0. The van der Waals surface area contributed by atoms with Crippen LogP contribution >= 0.6 is 0 Å². The van der Waals surface area contributed by atoms with Gasteiger partial charge in [0.2, 0.25) is 5.91 Å². The fraction of sp³-hybridized carbons (Fsp3) is 0.700. The van der Waals surface area contributed by atoms with Crippen molar-refractivity contribution in [3.63, 3.8) is 0 Å². The third kappa shape index (κ3) is 4.96. The molecule has 0 radical (unpaired) electrons. The van der Waals surface area contributed by atoms with Crippen LogP contribution < -0.4 is 10.2 Å². The number of aryl methyl sites for hydroxylation is 1. The molecule has 1 amide bonds. The summed E-state index contributed by atoms with van der Waals surface area (Å²) in [6.45, 7) is 5.04. The fourth-order valence-corrected chi connectivity index (χ4v) is 4.10. The monoisotopic (exact) mass is 329 g/mol. The van der Waals surface area contributed by atoms with Gasteiger partial charge in [-0.2, -0.15) is 0 Å². The summed E-state index contributed by atoms with van der Waals surface area (Å²) >= 11 is 0. The minimum Gasteiger partial charge on any atom is -0.371 e. The lowest BCUT2D eigenvalue weighted by Crippen LogP contribution is -2.38. The van der Waals surface area contributed by atoms with Crippen LogP contribution in [0.2, 0.25) is 0 Å². The Labute approximate surface area is 146 Å². The highest BCUT2D eigenvalue weighted by Gasteiger charge is 2.21. The van der Waals surface area contributed by atoms with Crippen molar-refractivity contribution in [1.82, 2.24) is 10.3 Å². The molecule has 0 unspecified atom stereocenters. The van der Waals surface area contributed by atoms with Gasteiger partial charge in [-0.3, -0.25) is 9.78 Å². The highest BCUT2D eigenvalue weighted by atomic mass is 16.1. The van der Waals surface area contributed by atoms with Gasteiger partial charge in [-0.1, -0.05) is 25.7 Å². The molecule has 1 aromatic rings. The van der Waals surface area contributed by atoms with Crippen molar-refractivity contribution in [3.05, 3.63) is 24.0 Å². The highest BCUT2D eigenvalue weighted by molar-refractivity contribution is 5.75. The van der Waals surface area contributed by atoms with Crippen LogP contribution in [-0.2, 0) is 4.79 Å². The molecular weight excluding hydrogens is 298 g/mol. The van der Waals surface area contributed by atoms with Crippen molar-refractivity contribution in [1.29, 1.82) is 0 Å². The Kier molecular flexibility index (Phi) is 6.11. The molecule has 1 aliphatic heterocycles. The van der Waals surface area contributed by atoms with Crippen LogP contribution in [0.3, 0.4) is 0 Å². The van der Waals surface area contributed by atoms with Gasteiger partial charge in [-0.15, -0.1) is 0 Å². The predicted molar refractivity (Wildman–Crippen MR) is 98.1 cm³/mol. The van der Waals surface area contributed by atoms with Crippen molar-refractivity contribution in [2.24, 2.45) is 11.8 Å². The lowest BCUT2D eigenvalue weighted by molar-refractivity contribution is -0.121. The minimum atomic E-state index is 0.258. The molecule has 1 N–H and O–H groups in total. The molecule has 1 saturated heterocycles. The molecule has 4 heteroatoms. The summed E-state index contributed by atoms with van der Waals surface area (Å²) in [7, 11) is 0. The molecule has 0 aromatic carbocycles. The van der Waals surface area contributed by atoms with Crippen molar-refractivity contribution in [3.8, 4) is 0 Å². The van der Waals surface area contributed by atoms with E-state index in [9.17, 15) is 4.79 Å². The van der Waals surface area contributed by atoms with Gasteiger partial charge in [-0.05, 0) is 50.2 Å². The van der Waals surface area contributed by atoms with E-state index in [2.05, 4.69) is 27.3 Å². The van der Waals surface area contributed by atoms with E-state index in [1.165, 1.54) is 31.4 Å². The molecule has 2 fully saturated rings. The average Bonchev–Trinajstić information content (AvgIpc) is 3.12. The van der Waals surface area contributed by atoms with Gasteiger partial charge in [0.05, 0.1) is 0 Å². The van der Waals surface area contributed by atoms with E-state index in [1.54, 1.807) is 0 Å². The number of hydrogen-bond donors (Lipinski definition) is 1. The minimum absolute atomic E-state index is 0.258. The van der Waals surface area contributed by atoms with Crippen LogP contribution in [0.15, 0.2) is 18.3 Å². The first kappa shape index (κ1) is 17.2. The second-order valence-electron chi connectivity index (χ2n) is 7.58. The number of carbonyl (C=O) groups excluding carboxylic acids is 1. The Morgan fingerprint density at radius 3 is 2.67 bits per heavy atom. The molecule has 0 bridgehead atoms. The molecule has 132 valence electrons. The second kappa shape index (κ2) is 8.50. The maximum Gasteiger partial charge on any atom is 0.220 e. The zero-order chi connectivity index (χ0) is 16.8. The molecule has 2 aliphatic rings. The van der Waals surface area contributed by atoms with Crippen LogP contribution in [0, 0.1) is 18.8 Å². The average molecular weight is 329 g/mol. The largest absolute Gasteiger partial charge is 0.371 e. The Bertz CT molecular complexity index is 531. The van der Waals surface area contributed by atoms with E-state index in [-0.39, 0.29) is 5.91 Å². The molecule has 0 spiro atoms. The maximum absolute atomic E-state index is 12.0. The molecule has 3 rings (SSSR count). The first-order valence-electron chi connectivity index (χ1n) is 9.65. The molecule has 1 saturated carbocycles. The molecule has 24 heavy (non-hydrogen) atoms. The van der Waals surface area contributed by atoms with E-state index in [1.807, 2.05) is 13.1 Å². The van der Waals surface area contributed by atoms with E-state index in [4.69, 9.17) is 0 Å². The van der Waals surface area contributed by atoms with Crippen molar-refractivity contribution in [2.45, 2.75) is 58.3 Å². The van der Waals surface area contributed by atoms with Gasteiger partial charge in [-0.25, -0.2) is 0 Å². The molecule has 4 nitrogen and oxygen atoms in total. The third-order valence-electron chi connectivity index (χ3n) is 5.70. The van der Waals surface area contributed by atoms with Crippen molar-refractivity contribution >= 4 is 11.6 Å². The number of nitrogens with zero attached hydrogens (tertiary/aromatic N) is 2. The van der Waals surface area contributed by atoms with E-state index >= 15 is 0 Å². The number of aromatic nitrogens is 1. The molecular formula is C20H31N3O. The predicted octanol–water partition coefficient (Wildman–Crippen LogP) is 3.69. The lowest BCUT2D eigenvalue weighted by atomic mass is 9.96. The summed E-state index contributed by atoms with van der Waals surface area (Å²) in [4.78, 5) is 18.7. The Hall–Kier alpha value is -1.58. The van der Waals surface area contributed by atoms with Crippen molar-refractivity contribution in [2.75, 3.05) is 24.5 Å². The van der Waals surface area contributed by atoms with Gasteiger partial charge in [0, 0.05) is 43.6 Å². The van der Waals surface area contributed by atoms with Gasteiger partial charge in [0.15, 0.2) is 0 Å². The zero-order valence-corrected chi connectivity index (χ0v) is 15.0. The molecule has 1 aromatic heterocycles. The topological polar surface area (TPSA) is 45.2 Å². The van der Waals surface area contributed by atoms with Crippen LogP contribution in [0.4, 0.5) is 5.69 Å². The van der Waals surface area contributed by atoms with Crippen LogP contribution in [0.1, 0.15) is 57.1 Å². The van der Waals surface area contributed by atoms with Gasteiger partial charge < -0.3 is 10.2 Å². The summed E-state index contributed by atoms with van der Waals surface area (Å²) in [5.74, 6) is 1.69. The summed E-state index contributed by atoms with van der Waals surface area (Å²) in [5, 5.41) is 3.17. The summed E-state index contributed by atoms with van der Waals surface area (Å²) in [5.41, 5.74) is 2.35. The summed E-state index contributed by atoms with van der Waals surface area (Å²) in [6, 6.07) is 4.25. The SMILES string of the molecule is Cc1cc(N2CCC(CNC(=O)CCC3CCCC3)CC2)ccn1. The van der Waals surface area contributed by atoms with Gasteiger partial charge >= 0.3 is 0 Å². The van der Waals surface area contributed by atoms with Crippen molar-refractivity contribution < 1.29 is 4.79 Å². The van der Waals surface area contributed by atoms with Crippen LogP contribution in [-0.4, -0.2) is 30.5 Å². The van der Waals surface area contributed by atoms with Crippen LogP contribution in [0.5, 0.6) is 0 Å². The standard InChI is InChI=1S/C20H31N3O/c1-16-14-19(8-11-21-16)23-12-9-18(10-13-23)15-22-20(24)7-6-17-4-2-3-5-17/h8,11,14,17-18H,2-7,9-10,12-13,15H2,1H3,(H,22,24). The molecule has 2 heterocycles. The Morgan fingerprint density at radius 1 is 1.21 bits per heavy atom. The number of carbonyl (C=O) groups is 1. The highest BCUT2D eigenvalue weighted by Crippen LogP contribution is 2.28. The van der Waals surface area contributed by atoms with Gasteiger partial charge in [0.25, 0.3) is 0 Å². The molecule has 0 atom stereocenters. The number of piperidine rings is 1. The molecule has 1 aliphatic carbocycles. The maximum atomic E-state index is 12.0. The summed E-state index contributed by atoms with van der Waals surface area (Å²) in [6.07, 6.45) is 11.4. The normalized spacial score (nSPS) is 19.6. The number of rotatable bonds is 6. The number of hydrogen-bond acceptors (Lipinski definition) is 3. The summed E-state index contributed by atoms with van der Waals surface area (Å²) < 4.78 is 0. The second-order valence-corrected chi connectivity index (χ2v) is 7.58. The number of anilines is 1. The van der Waals surface area contributed by atoms with E-state index < -0.39 is 0 Å². The van der Waals surface area contributed by atoms with Gasteiger partial charge in [0.1, 0.15) is 0 Å². The number of pyridine rings is 1. The quantitative estimate of drug-likeness (QED) is 0.865. The van der Waals surface area contributed by atoms with Crippen LogP contribution in [0.25, 0.3) is 0 Å². The van der Waals surface area contributed by atoms with E-state index in [0.29, 0.717) is 5.92 Å². The third-order valence-corrected chi connectivity index (χ3v) is 5.70. The number of amides is 1. The smallest absolute Gasteiger partial charge is 0.220 e. The fourth-order valence-electron chi connectivity index (χ4n) is 4.10. The van der Waals surface area contributed by atoms with E-state index in [0.717, 1.165) is 56.9 Å². The lowest BCUT2D eigenvalue weighted by Gasteiger charge is -2.33. The Balaban J connectivity index is 1.34. The first-order chi connectivity index (χ1) is 11.7. The first-order valence-corrected chi connectivity index (χ1v) is 9.65. The Morgan fingerprint density at radius 2 is 1.96 bits per heavy atom. The number of nitrogens with one attached hydrogen (secondary N) is 1.